The quantitative estimate of drug-likeness (QED) is 0.574. The summed E-state index contributed by atoms with van der Waals surface area (Å²) in [5, 5.41) is 0. The number of amides is 1. The maximum absolute atomic E-state index is 12.3. The molecule has 0 saturated heterocycles. The van der Waals surface area contributed by atoms with Crippen LogP contribution in [0.3, 0.4) is 0 Å². The van der Waals surface area contributed by atoms with Crippen LogP contribution in [-0.4, -0.2) is 45.5 Å². The third kappa shape index (κ3) is 7.44. The Kier molecular flexibility index (Phi) is 9.52. The summed E-state index contributed by atoms with van der Waals surface area (Å²) in [6.45, 7) is 7.90. The molecule has 6 nitrogen and oxygen atoms in total. The molecule has 0 bridgehead atoms. The van der Waals surface area contributed by atoms with Crippen LogP contribution < -0.4 is 9.46 Å². The minimum atomic E-state index is -3.62. The van der Waals surface area contributed by atoms with Gasteiger partial charge in [0.05, 0.1) is 11.5 Å². The number of unbranched alkanes of at least 4 members (excludes halogenated alkanes) is 2. The fraction of sp³-hybridized carbons (Fsp3) is 0.611. The molecule has 0 aliphatic rings. The molecule has 142 valence electrons. The second kappa shape index (κ2) is 11.1. The first-order chi connectivity index (χ1) is 11.9. The van der Waals surface area contributed by atoms with Gasteiger partial charge in [0.25, 0.3) is 0 Å². The van der Waals surface area contributed by atoms with Gasteiger partial charge in [-0.2, -0.15) is 0 Å². The van der Waals surface area contributed by atoms with Gasteiger partial charge in [-0.1, -0.05) is 19.8 Å². The van der Waals surface area contributed by atoms with Crippen molar-refractivity contribution in [2.45, 2.75) is 51.3 Å². The molecular weight excluding hydrogens is 340 g/mol. The van der Waals surface area contributed by atoms with Crippen molar-refractivity contribution >= 4 is 15.9 Å². The molecule has 0 saturated carbocycles. The predicted molar refractivity (Wildman–Crippen MR) is 99.2 cm³/mol. The number of carbonyl (C=O) groups excluding carboxylic acids is 1. The Morgan fingerprint density at radius 3 is 2.28 bits per heavy atom. The van der Waals surface area contributed by atoms with Gasteiger partial charge in [-0.25, -0.2) is 13.1 Å². The normalized spacial score (nSPS) is 11.3. The second-order valence-corrected chi connectivity index (χ2v) is 7.51. The van der Waals surface area contributed by atoms with Crippen LogP contribution in [0, 0.1) is 0 Å². The van der Waals surface area contributed by atoms with Crippen LogP contribution >= 0.6 is 0 Å². The zero-order valence-corrected chi connectivity index (χ0v) is 16.3. The smallest absolute Gasteiger partial charge is 0.240 e. The average molecular weight is 371 g/mol. The number of sulfonamides is 1. The van der Waals surface area contributed by atoms with Gasteiger partial charge in [-0.05, 0) is 44.5 Å². The SMILES string of the molecule is CCCCCOc1ccc(S(=O)(=O)NCCC(=O)N(CC)CC)cc1. The Labute approximate surface area is 151 Å². The molecule has 0 unspecified atom stereocenters. The highest BCUT2D eigenvalue weighted by Gasteiger charge is 2.15. The van der Waals surface area contributed by atoms with Gasteiger partial charge in [0.2, 0.25) is 15.9 Å². The third-order valence-electron chi connectivity index (χ3n) is 3.90. The Morgan fingerprint density at radius 1 is 1.08 bits per heavy atom. The summed E-state index contributed by atoms with van der Waals surface area (Å²) in [6.07, 6.45) is 3.38. The first kappa shape index (κ1) is 21.4. The van der Waals surface area contributed by atoms with E-state index in [0.29, 0.717) is 25.4 Å². The van der Waals surface area contributed by atoms with E-state index in [1.807, 2.05) is 13.8 Å². The summed E-state index contributed by atoms with van der Waals surface area (Å²) in [5.41, 5.74) is 0. The van der Waals surface area contributed by atoms with Gasteiger partial charge in [-0.3, -0.25) is 4.79 Å². The molecule has 25 heavy (non-hydrogen) atoms. The van der Waals surface area contributed by atoms with Crippen molar-refractivity contribution in [3.63, 3.8) is 0 Å². The minimum Gasteiger partial charge on any atom is -0.494 e. The van der Waals surface area contributed by atoms with E-state index < -0.39 is 10.0 Å². The Balaban J connectivity index is 2.51. The fourth-order valence-corrected chi connectivity index (χ4v) is 3.40. The van der Waals surface area contributed by atoms with Crippen LogP contribution in [0.4, 0.5) is 0 Å². The molecule has 1 aromatic carbocycles. The van der Waals surface area contributed by atoms with Gasteiger partial charge in [0, 0.05) is 26.1 Å². The summed E-state index contributed by atoms with van der Waals surface area (Å²) in [4.78, 5) is 13.7. The highest BCUT2D eigenvalue weighted by molar-refractivity contribution is 7.89. The van der Waals surface area contributed by atoms with Crippen LogP contribution in [0.2, 0.25) is 0 Å². The summed E-state index contributed by atoms with van der Waals surface area (Å²) in [6, 6.07) is 6.34. The van der Waals surface area contributed by atoms with Crippen LogP contribution in [-0.2, 0) is 14.8 Å². The molecule has 0 radical (unpaired) electrons. The molecule has 1 aromatic rings. The highest BCUT2D eigenvalue weighted by Crippen LogP contribution is 2.16. The zero-order valence-electron chi connectivity index (χ0n) is 15.5. The summed E-state index contributed by atoms with van der Waals surface area (Å²) in [7, 11) is -3.62. The average Bonchev–Trinajstić information content (AvgIpc) is 2.60. The molecule has 1 amide bonds. The van der Waals surface area contributed by atoms with Crippen molar-refractivity contribution in [1.29, 1.82) is 0 Å². The van der Waals surface area contributed by atoms with Gasteiger partial charge in [-0.15, -0.1) is 0 Å². The second-order valence-electron chi connectivity index (χ2n) is 5.74. The number of carbonyl (C=O) groups is 1. The zero-order chi connectivity index (χ0) is 18.7. The predicted octanol–water partition coefficient (Wildman–Crippen LogP) is 2.79. The van der Waals surface area contributed by atoms with Crippen molar-refractivity contribution in [2.24, 2.45) is 0 Å². The maximum atomic E-state index is 12.3. The number of rotatable bonds is 12. The lowest BCUT2D eigenvalue weighted by Gasteiger charge is -2.18. The number of hydrogen-bond donors (Lipinski definition) is 1. The van der Waals surface area contributed by atoms with E-state index in [1.54, 1.807) is 17.0 Å². The lowest BCUT2D eigenvalue weighted by molar-refractivity contribution is -0.130. The molecular formula is C18H30N2O4S. The number of hydrogen-bond acceptors (Lipinski definition) is 4. The molecule has 1 N–H and O–H groups in total. The van der Waals surface area contributed by atoms with E-state index >= 15 is 0 Å². The third-order valence-corrected chi connectivity index (χ3v) is 5.37. The Hall–Kier alpha value is -1.60. The summed E-state index contributed by atoms with van der Waals surface area (Å²) < 4.78 is 32.6. The monoisotopic (exact) mass is 370 g/mol. The highest BCUT2D eigenvalue weighted by atomic mass is 32.2. The molecule has 0 aliphatic heterocycles. The first-order valence-corrected chi connectivity index (χ1v) is 10.4. The van der Waals surface area contributed by atoms with Crippen LogP contribution in [0.5, 0.6) is 5.75 Å². The van der Waals surface area contributed by atoms with Crippen molar-refractivity contribution in [1.82, 2.24) is 9.62 Å². The number of benzene rings is 1. The van der Waals surface area contributed by atoms with Crippen LogP contribution in [0.25, 0.3) is 0 Å². The van der Waals surface area contributed by atoms with Gasteiger partial charge in [0.1, 0.15) is 5.75 Å². The van der Waals surface area contributed by atoms with Crippen LogP contribution in [0.1, 0.15) is 46.5 Å². The molecule has 0 atom stereocenters. The summed E-state index contributed by atoms with van der Waals surface area (Å²) >= 11 is 0. The Morgan fingerprint density at radius 2 is 1.72 bits per heavy atom. The molecule has 1 rings (SSSR count). The number of nitrogens with one attached hydrogen (secondary N) is 1. The number of nitrogens with zero attached hydrogens (tertiary/aromatic N) is 1. The van der Waals surface area contributed by atoms with Crippen molar-refractivity contribution in [3.05, 3.63) is 24.3 Å². The van der Waals surface area contributed by atoms with E-state index in [-0.39, 0.29) is 23.8 Å². The minimum absolute atomic E-state index is 0.0523. The fourth-order valence-electron chi connectivity index (χ4n) is 2.37. The molecule has 7 heteroatoms. The van der Waals surface area contributed by atoms with E-state index in [0.717, 1.165) is 19.3 Å². The molecule has 0 aliphatic carbocycles. The molecule has 0 spiro atoms. The van der Waals surface area contributed by atoms with Crippen molar-refractivity contribution in [3.8, 4) is 5.75 Å². The van der Waals surface area contributed by atoms with E-state index in [4.69, 9.17) is 4.74 Å². The van der Waals surface area contributed by atoms with Crippen molar-refractivity contribution < 1.29 is 17.9 Å². The topological polar surface area (TPSA) is 75.7 Å². The lowest BCUT2D eigenvalue weighted by atomic mass is 10.3. The maximum Gasteiger partial charge on any atom is 0.240 e. The molecule has 0 fully saturated rings. The van der Waals surface area contributed by atoms with E-state index in [9.17, 15) is 13.2 Å². The van der Waals surface area contributed by atoms with E-state index in [2.05, 4.69) is 11.6 Å². The molecule has 0 aromatic heterocycles. The first-order valence-electron chi connectivity index (χ1n) is 8.94. The number of ether oxygens (including phenoxy) is 1. The van der Waals surface area contributed by atoms with Gasteiger partial charge in [0.15, 0.2) is 0 Å². The largest absolute Gasteiger partial charge is 0.494 e. The molecule has 0 heterocycles. The van der Waals surface area contributed by atoms with Crippen molar-refractivity contribution in [2.75, 3.05) is 26.2 Å². The standard InChI is InChI=1S/C18H30N2O4S/c1-4-7-8-15-24-16-9-11-17(12-10-16)25(22,23)19-14-13-18(21)20(5-2)6-3/h9-12,19H,4-8,13-15H2,1-3H3. The van der Waals surface area contributed by atoms with Gasteiger partial charge < -0.3 is 9.64 Å². The summed E-state index contributed by atoms with van der Waals surface area (Å²) in [5.74, 6) is 0.607. The van der Waals surface area contributed by atoms with Gasteiger partial charge >= 0.3 is 0 Å². The van der Waals surface area contributed by atoms with Crippen LogP contribution in [0.15, 0.2) is 29.2 Å². The lowest BCUT2D eigenvalue weighted by Crippen LogP contribution is -2.34. The Bertz CT molecular complexity index is 610. The van der Waals surface area contributed by atoms with E-state index in [1.165, 1.54) is 12.1 Å².